The molecule has 2 heterocycles. The number of hydrogen-bond donors (Lipinski definition) is 3. The van der Waals surface area contributed by atoms with E-state index in [0.29, 0.717) is 11.5 Å². The number of aryl methyl sites for hydroxylation is 2. The van der Waals surface area contributed by atoms with E-state index >= 15 is 0 Å². The van der Waals surface area contributed by atoms with Crippen LogP contribution in [-0.4, -0.2) is 28.5 Å². The summed E-state index contributed by atoms with van der Waals surface area (Å²) in [5.41, 5.74) is 4.65. The topological polar surface area (TPSA) is 104 Å². The maximum atomic E-state index is 12.3. The lowest BCUT2D eigenvalue weighted by Gasteiger charge is -2.31. The molecule has 1 aliphatic rings. The molecule has 0 aliphatic heterocycles. The van der Waals surface area contributed by atoms with Gasteiger partial charge in [0, 0.05) is 41.3 Å². The van der Waals surface area contributed by atoms with E-state index in [9.17, 15) is 9.59 Å². The summed E-state index contributed by atoms with van der Waals surface area (Å²) in [6.45, 7) is 4.15. The first-order valence-corrected chi connectivity index (χ1v) is 12.3. The predicted octanol–water partition coefficient (Wildman–Crippen LogP) is 5.90. The van der Waals surface area contributed by atoms with Crippen molar-refractivity contribution in [1.29, 1.82) is 0 Å². The first kappa shape index (κ1) is 24.5. The van der Waals surface area contributed by atoms with Crippen LogP contribution >= 0.6 is 0 Å². The summed E-state index contributed by atoms with van der Waals surface area (Å²) in [5.74, 6) is 1.00. The Morgan fingerprint density at radius 2 is 1.83 bits per heavy atom. The number of anilines is 1. The third-order valence-corrected chi connectivity index (χ3v) is 6.67. The van der Waals surface area contributed by atoms with Crippen molar-refractivity contribution < 1.29 is 19.1 Å². The number of nitrogens with zero attached hydrogens (tertiary/aromatic N) is 1. The number of carboxylic acid groups (broad SMARTS) is 1. The van der Waals surface area contributed by atoms with E-state index in [1.165, 1.54) is 19.3 Å². The summed E-state index contributed by atoms with van der Waals surface area (Å²) in [6.07, 6.45) is 9.62. The molecule has 0 saturated heterocycles. The molecule has 3 N–H and O–H groups in total. The number of amides is 1. The molecule has 1 aromatic carbocycles. The summed E-state index contributed by atoms with van der Waals surface area (Å²) in [7, 11) is 0. The third kappa shape index (κ3) is 6.29. The van der Waals surface area contributed by atoms with Gasteiger partial charge in [0.05, 0.1) is 12.5 Å². The molecule has 1 amide bonds. The van der Waals surface area contributed by atoms with Crippen LogP contribution in [0.25, 0.3) is 11.3 Å². The maximum Gasteiger partial charge on any atom is 0.305 e. The molecule has 184 valence electrons. The molecule has 1 fully saturated rings. The second-order valence-electron chi connectivity index (χ2n) is 9.37. The highest BCUT2D eigenvalue weighted by molar-refractivity contribution is 5.94. The lowest BCUT2D eigenvalue weighted by molar-refractivity contribution is -0.136. The number of aromatic nitrogens is 1. The molecule has 1 unspecified atom stereocenters. The lowest BCUT2D eigenvalue weighted by Crippen LogP contribution is -2.26. The smallest absolute Gasteiger partial charge is 0.305 e. The Morgan fingerprint density at radius 3 is 2.51 bits per heavy atom. The molecule has 35 heavy (non-hydrogen) atoms. The van der Waals surface area contributed by atoms with Crippen LogP contribution in [0.1, 0.15) is 71.8 Å². The maximum absolute atomic E-state index is 12.3. The number of hydrogen-bond acceptors (Lipinski definition) is 5. The lowest BCUT2D eigenvalue weighted by atomic mass is 9.81. The van der Waals surface area contributed by atoms with Gasteiger partial charge in [-0.1, -0.05) is 19.3 Å². The fourth-order valence-electron chi connectivity index (χ4n) is 4.84. The summed E-state index contributed by atoms with van der Waals surface area (Å²) >= 11 is 0. The van der Waals surface area contributed by atoms with Crippen molar-refractivity contribution in [2.75, 3.05) is 11.9 Å². The number of carbonyl (C=O) groups excluding carboxylic acids is 1. The zero-order valence-electron chi connectivity index (χ0n) is 20.3. The van der Waals surface area contributed by atoms with Gasteiger partial charge in [-0.3, -0.25) is 14.6 Å². The van der Waals surface area contributed by atoms with E-state index in [4.69, 9.17) is 9.52 Å². The molecule has 0 bridgehead atoms. The summed E-state index contributed by atoms with van der Waals surface area (Å²) in [6, 6.07) is 11.7. The van der Waals surface area contributed by atoms with Crippen molar-refractivity contribution in [3.63, 3.8) is 0 Å². The molecule has 1 aliphatic carbocycles. The fraction of sp³-hybridized carbons (Fsp3) is 0.393. The zero-order valence-corrected chi connectivity index (χ0v) is 20.3. The van der Waals surface area contributed by atoms with Crippen molar-refractivity contribution in [3.8, 4) is 11.3 Å². The molecular formula is C28H33N3O4. The SMILES string of the molecule is Cc1cncc(-c2cc(C(Nc3ccc(C(=O)NCCC(=O)O)cc3)C3CCCCC3)c(C)o2)c1. The number of aliphatic carboxylic acids is 1. The molecular weight excluding hydrogens is 442 g/mol. The van der Waals surface area contributed by atoms with Gasteiger partial charge in [-0.15, -0.1) is 0 Å². The van der Waals surface area contributed by atoms with Gasteiger partial charge in [0.15, 0.2) is 0 Å². The minimum atomic E-state index is -0.935. The Bertz CT molecular complexity index is 1160. The van der Waals surface area contributed by atoms with E-state index in [1.807, 2.05) is 38.4 Å². The number of carboxylic acids is 1. The normalized spacial score (nSPS) is 14.9. The van der Waals surface area contributed by atoms with Crippen LogP contribution in [-0.2, 0) is 4.79 Å². The van der Waals surface area contributed by atoms with Crippen molar-refractivity contribution in [1.82, 2.24) is 10.3 Å². The number of benzene rings is 1. The average Bonchev–Trinajstić information content (AvgIpc) is 3.24. The van der Waals surface area contributed by atoms with Crippen LogP contribution in [0.3, 0.4) is 0 Å². The number of pyridine rings is 1. The van der Waals surface area contributed by atoms with Gasteiger partial charge in [0.2, 0.25) is 0 Å². The highest BCUT2D eigenvalue weighted by Gasteiger charge is 2.28. The zero-order chi connectivity index (χ0) is 24.8. The van der Waals surface area contributed by atoms with Crippen LogP contribution in [0.2, 0.25) is 0 Å². The highest BCUT2D eigenvalue weighted by Crippen LogP contribution is 2.40. The Morgan fingerprint density at radius 1 is 1.09 bits per heavy atom. The number of carbonyl (C=O) groups is 2. The number of furan rings is 1. The van der Waals surface area contributed by atoms with Crippen LogP contribution in [0, 0.1) is 19.8 Å². The van der Waals surface area contributed by atoms with Crippen LogP contribution in [0.4, 0.5) is 5.69 Å². The largest absolute Gasteiger partial charge is 0.481 e. The second-order valence-corrected chi connectivity index (χ2v) is 9.37. The van der Waals surface area contributed by atoms with E-state index in [-0.39, 0.29) is 24.9 Å². The van der Waals surface area contributed by atoms with E-state index in [2.05, 4.69) is 27.8 Å². The van der Waals surface area contributed by atoms with Gasteiger partial charge in [-0.25, -0.2) is 0 Å². The van der Waals surface area contributed by atoms with Gasteiger partial charge in [-0.2, -0.15) is 0 Å². The Hall–Kier alpha value is -3.61. The highest BCUT2D eigenvalue weighted by atomic mass is 16.4. The van der Waals surface area contributed by atoms with Crippen molar-refractivity contribution >= 4 is 17.6 Å². The summed E-state index contributed by atoms with van der Waals surface area (Å²) in [5, 5.41) is 15.1. The Balaban J connectivity index is 1.54. The second kappa shape index (κ2) is 11.2. The average molecular weight is 476 g/mol. The van der Waals surface area contributed by atoms with Crippen molar-refractivity contribution in [2.24, 2.45) is 5.92 Å². The van der Waals surface area contributed by atoms with Gasteiger partial charge in [-0.05, 0) is 74.6 Å². The molecule has 7 nitrogen and oxygen atoms in total. The van der Waals surface area contributed by atoms with Gasteiger partial charge >= 0.3 is 5.97 Å². The quantitative estimate of drug-likeness (QED) is 0.356. The standard InChI is InChI=1S/C28H33N3O4/c1-18-14-22(17-29-16-18)25-15-24(19(2)35-25)27(20-6-4-3-5-7-20)31-23-10-8-21(9-11-23)28(34)30-13-12-26(32)33/h8-11,14-17,20,27,31H,3-7,12-13H2,1-2H3,(H,30,34)(H,32,33). The van der Waals surface area contributed by atoms with E-state index < -0.39 is 5.97 Å². The summed E-state index contributed by atoms with van der Waals surface area (Å²) < 4.78 is 6.20. The van der Waals surface area contributed by atoms with Crippen LogP contribution < -0.4 is 10.6 Å². The fourth-order valence-corrected chi connectivity index (χ4v) is 4.84. The molecule has 1 saturated carbocycles. The third-order valence-electron chi connectivity index (χ3n) is 6.67. The molecule has 3 aromatic rings. The monoisotopic (exact) mass is 475 g/mol. The molecule has 0 radical (unpaired) electrons. The minimum absolute atomic E-state index is 0.0980. The van der Waals surface area contributed by atoms with Gasteiger partial charge < -0.3 is 20.2 Å². The van der Waals surface area contributed by atoms with Crippen molar-refractivity contribution in [2.45, 2.75) is 58.4 Å². The van der Waals surface area contributed by atoms with Crippen LogP contribution in [0.15, 0.2) is 53.2 Å². The minimum Gasteiger partial charge on any atom is -0.481 e. The molecule has 7 heteroatoms. The van der Waals surface area contributed by atoms with E-state index in [0.717, 1.165) is 46.7 Å². The van der Waals surface area contributed by atoms with Gasteiger partial charge in [0.25, 0.3) is 5.91 Å². The van der Waals surface area contributed by atoms with Crippen molar-refractivity contribution in [3.05, 3.63) is 71.2 Å². The molecule has 0 spiro atoms. The Labute approximate surface area is 206 Å². The number of rotatable bonds is 9. The van der Waals surface area contributed by atoms with Gasteiger partial charge in [0.1, 0.15) is 11.5 Å². The van der Waals surface area contributed by atoms with E-state index in [1.54, 1.807) is 12.1 Å². The first-order valence-electron chi connectivity index (χ1n) is 12.3. The Kier molecular flexibility index (Phi) is 7.85. The molecule has 4 rings (SSSR count). The first-order chi connectivity index (χ1) is 16.9. The number of nitrogens with one attached hydrogen (secondary N) is 2. The van der Waals surface area contributed by atoms with Crippen LogP contribution in [0.5, 0.6) is 0 Å². The summed E-state index contributed by atoms with van der Waals surface area (Å²) in [4.78, 5) is 27.3. The predicted molar refractivity (Wildman–Crippen MR) is 135 cm³/mol. The molecule has 1 atom stereocenters. The molecule has 2 aromatic heterocycles.